The molecule has 2 amide bonds. The van der Waals surface area contributed by atoms with Gasteiger partial charge in [-0.05, 0) is 37.8 Å². The number of benzene rings is 1. The van der Waals surface area contributed by atoms with Gasteiger partial charge >= 0.3 is 0 Å². The third-order valence-electron chi connectivity index (χ3n) is 5.74. The number of likely N-dealkylation sites (tertiary alicyclic amines) is 1. The minimum absolute atomic E-state index is 0.161. The number of nitrogens with zero attached hydrogens (tertiary/aromatic N) is 2. The number of para-hydroxylation sites is 1. The number of nitrogens with one attached hydrogen (secondary N) is 1. The summed E-state index contributed by atoms with van der Waals surface area (Å²) in [5.74, 6) is 0.606. The number of amides is 2. The number of likely N-dealkylation sites (N-methyl/N-ethyl adjacent to an activating group) is 1. The van der Waals surface area contributed by atoms with Crippen LogP contribution in [0.5, 0.6) is 0 Å². The summed E-state index contributed by atoms with van der Waals surface area (Å²) in [5.41, 5.74) is 1.05. The van der Waals surface area contributed by atoms with Crippen LogP contribution in [-0.4, -0.2) is 49.4 Å². The lowest BCUT2D eigenvalue weighted by molar-refractivity contribution is -0.131. The van der Waals surface area contributed by atoms with Gasteiger partial charge < -0.3 is 15.1 Å². The van der Waals surface area contributed by atoms with Crippen molar-refractivity contribution in [1.29, 1.82) is 0 Å². The molecule has 1 aliphatic heterocycles. The highest BCUT2D eigenvalue weighted by Crippen LogP contribution is 2.24. The molecule has 5 heteroatoms. The maximum Gasteiger partial charge on any atom is 0.242 e. The van der Waals surface area contributed by atoms with Crippen molar-refractivity contribution >= 4 is 17.5 Å². The Kier molecular flexibility index (Phi) is 6.53. The van der Waals surface area contributed by atoms with Crippen molar-refractivity contribution in [3.8, 4) is 0 Å². The van der Waals surface area contributed by atoms with E-state index in [1.165, 1.54) is 19.3 Å². The van der Waals surface area contributed by atoms with Gasteiger partial charge in [0.1, 0.15) is 0 Å². The first-order valence-corrected chi connectivity index (χ1v) is 9.98. The first-order valence-electron chi connectivity index (χ1n) is 9.98. The van der Waals surface area contributed by atoms with E-state index in [-0.39, 0.29) is 23.8 Å². The lowest BCUT2D eigenvalue weighted by Crippen LogP contribution is -2.49. The fraction of sp³-hybridized carbons (Fsp3) is 0.619. The molecule has 0 radical (unpaired) electrons. The first-order chi connectivity index (χ1) is 12.6. The predicted octanol–water partition coefficient (Wildman–Crippen LogP) is 2.81. The van der Waals surface area contributed by atoms with Crippen molar-refractivity contribution in [3.63, 3.8) is 0 Å². The second-order valence-electron chi connectivity index (χ2n) is 7.69. The molecule has 0 aromatic heterocycles. The molecule has 1 saturated carbocycles. The molecule has 1 heterocycles. The highest BCUT2D eigenvalue weighted by atomic mass is 16.2. The molecule has 0 atom stereocenters. The van der Waals surface area contributed by atoms with Crippen LogP contribution in [0.15, 0.2) is 30.3 Å². The summed E-state index contributed by atoms with van der Waals surface area (Å²) in [6, 6.07) is 10.2. The van der Waals surface area contributed by atoms with Crippen LogP contribution in [0.1, 0.15) is 44.9 Å². The number of carbonyl (C=O) groups is 2. The predicted molar refractivity (Wildman–Crippen MR) is 104 cm³/mol. The molecule has 0 unspecified atom stereocenters. The molecular weight excluding hydrogens is 326 g/mol. The van der Waals surface area contributed by atoms with Gasteiger partial charge in [-0.3, -0.25) is 9.59 Å². The van der Waals surface area contributed by atoms with Gasteiger partial charge in [-0.15, -0.1) is 0 Å². The van der Waals surface area contributed by atoms with E-state index in [1.807, 2.05) is 47.2 Å². The second kappa shape index (κ2) is 9.06. The summed E-state index contributed by atoms with van der Waals surface area (Å²) >= 11 is 0. The van der Waals surface area contributed by atoms with E-state index in [9.17, 15) is 9.59 Å². The fourth-order valence-corrected chi connectivity index (χ4v) is 4.03. The van der Waals surface area contributed by atoms with Crippen LogP contribution in [0, 0.1) is 5.92 Å². The topological polar surface area (TPSA) is 52.7 Å². The van der Waals surface area contributed by atoms with E-state index in [1.54, 1.807) is 0 Å². The van der Waals surface area contributed by atoms with Crippen molar-refractivity contribution in [2.75, 3.05) is 31.6 Å². The van der Waals surface area contributed by atoms with Gasteiger partial charge in [-0.2, -0.15) is 0 Å². The van der Waals surface area contributed by atoms with Crippen LogP contribution < -0.4 is 10.2 Å². The van der Waals surface area contributed by atoms with E-state index in [0.29, 0.717) is 6.54 Å². The Labute approximate surface area is 156 Å². The van der Waals surface area contributed by atoms with Crippen LogP contribution in [0.3, 0.4) is 0 Å². The molecule has 0 spiro atoms. The number of carbonyl (C=O) groups excluding carboxylic acids is 2. The Morgan fingerprint density at radius 3 is 2.35 bits per heavy atom. The summed E-state index contributed by atoms with van der Waals surface area (Å²) in [6.07, 6.45) is 7.42. The monoisotopic (exact) mass is 357 g/mol. The zero-order valence-electron chi connectivity index (χ0n) is 15.8. The third-order valence-corrected chi connectivity index (χ3v) is 5.74. The Balaban J connectivity index is 1.41. The maximum atomic E-state index is 12.6. The Morgan fingerprint density at radius 2 is 1.69 bits per heavy atom. The zero-order chi connectivity index (χ0) is 18.4. The van der Waals surface area contributed by atoms with Crippen LogP contribution >= 0.6 is 0 Å². The molecule has 26 heavy (non-hydrogen) atoms. The van der Waals surface area contributed by atoms with E-state index in [0.717, 1.165) is 44.5 Å². The number of anilines is 1. The van der Waals surface area contributed by atoms with Crippen molar-refractivity contribution in [2.24, 2.45) is 5.92 Å². The van der Waals surface area contributed by atoms with Crippen LogP contribution in [0.2, 0.25) is 0 Å². The third kappa shape index (κ3) is 4.99. The van der Waals surface area contributed by atoms with Crippen LogP contribution in [0.25, 0.3) is 0 Å². The molecular formula is C21H31N3O2. The molecule has 1 saturated heterocycles. The van der Waals surface area contributed by atoms with Gasteiger partial charge in [-0.1, -0.05) is 37.5 Å². The lowest BCUT2D eigenvalue weighted by Gasteiger charge is -2.34. The molecule has 2 fully saturated rings. The molecule has 1 N–H and O–H groups in total. The molecule has 1 aromatic carbocycles. The van der Waals surface area contributed by atoms with Crippen molar-refractivity contribution in [2.45, 2.75) is 51.0 Å². The summed E-state index contributed by atoms with van der Waals surface area (Å²) in [4.78, 5) is 28.9. The van der Waals surface area contributed by atoms with Crippen molar-refractivity contribution in [3.05, 3.63) is 30.3 Å². The normalized spacial score (nSPS) is 19.2. The van der Waals surface area contributed by atoms with E-state index < -0.39 is 0 Å². The smallest absolute Gasteiger partial charge is 0.242 e. The quantitative estimate of drug-likeness (QED) is 0.882. The minimum Gasteiger partial charge on any atom is -0.365 e. The number of rotatable bonds is 5. The van der Waals surface area contributed by atoms with Gasteiger partial charge in [0.15, 0.2) is 0 Å². The molecule has 2 aliphatic rings. The molecule has 142 valence electrons. The zero-order valence-corrected chi connectivity index (χ0v) is 15.8. The highest BCUT2D eigenvalue weighted by Gasteiger charge is 2.27. The number of hydrogen-bond donors (Lipinski definition) is 1. The summed E-state index contributed by atoms with van der Waals surface area (Å²) in [6.45, 7) is 1.86. The molecule has 5 nitrogen and oxygen atoms in total. The minimum atomic E-state index is 0.161. The first kappa shape index (κ1) is 18.7. The van der Waals surface area contributed by atoms with Gasteiger partial charge in [-0.25, -0.2) is 0 Å². The molecule has 1 aliphatic carbocycles. The molecule has 0 bridgehead atoms. The lowest BCUT2D eigenvalue weighted by atomic mass is 9.88. The summed E-state index contributed by atoms with van der Waals surface area (Å²) in [7, 11) is 1.95. The second-order valence-corrected chi connectivity index (χ2v) is 7.69. The average Bonchev–Trinajstić information content (AvgIpc) is 2.69. The van der Waals surface area contributed by atoms with E-state index in [4.69, 9.17) is 0 Å². The van der Waals surface area contributed by atoms with Crippen molar-refractivity contribution < 1.29 is 9.59 Å². The Morgan fingerprint density at radius 1 is 1.04 bits per heavy atom. The van der Waals surface area contributed by atoms with E-state index >= 15 is 0 Å². The Bertz CT molecular complexity index is 591. The fourth-order valence-electron chi connectivity index (χ4n) is 4.03. The number of hydrogen-bond acceptors (Lipinski definition) is 3. The molecule has 3 rings (SSSR count). The van der Waals surface area contributed by atoms with Gasteiger partial charge in [0.2, 0.25) is 11.8 Å². The average molecular weight is 357 g/mol. The molecule has 1 aromatic rings. The summed E-state index contributed by atoms with van der Waals surface area (Å²) in [5, 5.41) is 3.23. The largest absolute Gasteiger partial charge is 0.365 e. The van der Waals surface area contributed by atoms with Crippen molar-refractivity contribution in [1.82, 2.24) is 10.2 Å². The maximum absolute atomic E-state index is 12.6. The van der Waals surface area contributed by atoms with Gasteiger partial charge in [0.25, 0.3) is 0 Å². The number of piperidine rings is 1. The van der Waals surface area contributed by atoms with Gasteiger partial charge in [0, 0.05) is 37.8 Å². The highest BCUT2D eigenvalue weighted by molar-refractivity contribution is 5.81. The van der Waals surface area contributed by atoms with Crippen LogP contribution in [-0.2, 0) is 9.59 Å². The van der Waals surface area contributed by atoms with Gasteiger partial charge in [0.05, 0.1) is 6.54 Å². The standard InChI is InChI=1S/C21H31N3O2/c1-23(19-10-6-3-7-11-19)16-20(25)24-14-12-18(13-15-24)22-21(26)17-8-4-2-5-9-17/h3,6-7,10-11,17-18H,2,4-5,8-9,12-16H2,1H3,(H,22,26). The van der Waals surface area contributed by atoms with E-state index in [2.05, 4.69) is 5.32 Å². The summed E-state index contributed by atoms with van der Waals surface area (Å²) < 4.78 is 0. The SMILES string of the molecule is CN(CC(=O)N1CCC(NC(=O)C2CCCCC2)CC1)c1ccccc1. The Hall–Kier alpha value is -2.04. The van der Waals surface area contributed by atoms with Crippen LogP contribution in [0.4, 0.5) is 5.69 Å².